The summed E-state index contributed by atoms with van der Waals surface area (Å²) in [5, 5.41) is 11.3. The highest BCUT2D eigenvalue weighted by Crippen LogP contribution is 2.03. The molecule has 50 valence electrons. The molecule has 0 unspecified atom stereocenters. The monoisotopic (exact) mass is 127 g/mol. The lowest BCUT2D eigenvalue weighted by atomic mass is 10.2. The summed E-state index contributed by atoms with van der Waals surface area (Å²) < 4.78 is 0. The minimum Gasteiger partial charge on any atom is -0.478 e. The Morgan fingerprint density at radius 3 is 3.00 bits per heavy atom. The first kappa shape index (κ1) is 6.29. The maximum atomic E-state index is 10.1. The highest BCUT2D eigenvalue weighted by Gasteiger charge is 2.05. The second kappa shape index (κ2) is 2.64. The van der Waals surface area contributed by atoms with E-state index in [1.165, 1.54) is 6.08 Å². The molecule has 0 atom stereocenters. The fourth-order valence-electron chi connectivity index (χ4n) is 0.884. The molecule has 3 heteroatoms. The highest BCUT2D eigenvalue weighted by atomic mass is 16.4. The average molecular weight is 127 g/mol. The molecule has 9 heavy (non-hydrogen) atoms. The molecular formula is C6H9NO2. The van der Waals surface area contributed by atoms with Crippen molar-refractivity contribution in [2.75, 3.05) is 13.1 Å². The lowest BCUT2D eigenvalue weighted by Crippen LogP contribution is -2.05. The van der Waals surface area contributed by atoms with E-state index in [0.29, 0.717) is 0 Å². The van der Waals surface area contributed by atoms with Crippen LogP contribution in [-0.4, -0.2) is 24.2 Å². The van der Waals surface area contributed by atoms with Crippen molar-refractivity contribution < 1.29 is 9.90 Å². The number of carboxylic acid groups (broad SMARTS) is 1. The quantitative estimate of drug-likeness (QED) is 0.487. The number of rotatable bonds is 1. The van der Waals surface area contributed by atoms with Crippen LogP contribution in [0.25, 0.3) is 0 Å². The summed E-state index contributed by atoms with van der Waals surface area (Å²) in [5.41, 5.74) is 0.988. The average Bonchev–Trinajstić information content (AvgIpc) is 2.15. The zero-order chi connectivity index (χ0) is 6.69. The fourth-order valence-corrected chi connectivity index (χ4v) is 0.884. The van der Waals surface area contributed by atoms with Crippen molar-refractivity contribution in [3.05, 3.63) is 11.6 Å². The molecule has 1 fully saturated rings. The molecule has 1 saturated heterocycles. The minimum atomic E-state index is -0.839. The van der Waals surface area contributed by atoms with Crippen LogP contribution in [-0.2, 0) is 4.79 Å². The molecule has 0 aromatic rings. The van der Waals surface area contributed by atoms with E-state index >= 15 is 0 Å². The van der Waals surface area contributed by atoms with Gasteiger partial charge in [-0.1, -0.05) is 0 Å². The van der Waals surface area contributed by atoms with Gasteiger partial charge in [-0.3, -0.25) is 0 Å². The number of hydrogen-bond acceptors (Lipinski definition) is 2. The van der Waals surface area contributed by atoms with Gasteiger partial charge in [0.05, 0.1) is 0 Å². The Hall–Kier alpha value is -0.830. The van der Waals surface area contributed by atoms with Gasteiger partial charge in [-0.2, -0.15) is 0 Å². The van der Waals surface area contributed by atoms with Crippen molar-refractivity contribution in [1.82, 2.24) is 5.32 Å². The van der Waals surface area contributed by atoms with E-state index in [-0.39, 0.29) is 0 Å². The van der Waals surface area contributed by atoms with Crippen LogP contribution in [0.15, 0.2) is 11.6 Å². The standard InChI is InChI=1S/C6H9NO2/c8-6(9)3-5-1-2-7-4-5/h3,7H,1-2,4H2,(H,8,9). The third-order valence-corrected chi connectivity index (χ3v) is 1.30. The minimum absolute atomic E-state index is 0.742. The molecule has 2 N–H and O–H groups in total. The summed E-state index contributed by atoms with van der Waals surface area (Å²) in [6.07, 6.45) is 2.16. The van der Waals surface area contributed by atoms with Crippen LogP contribution in [0.4, 0.5) is 0 Å². The molecule has 0 bridgehead atoms. The molecule has 0 amide bonds. The van der Waals surface area contributed by atoms with Gasteiger partial charge in [-0.25, -0.2) is 4.79 Å². The summed E-state index contributed by atoms with van der Waals surface area (Å²) in [7, 11) is 0. The van der Waals surface area contributed by atoms with Gasteiger partial charge in [0.2, 0.25) is 0 Å². The van der Waals surface area contributed by atoms with Crippen molar-refractivity contribution in [3.8, 4) is 0 Å². The SMILES string of the molecule is O=C(O)C=C1CCNC1. The van der Waals surface area contributed by atoms with Gasteiger partial charge >= 0.3 is 5.97 Å². The summed E-state index contributed by atoms with van der Waals surface area (Å²) in [4.78, 5) is 10.1. The van der Waals surface area contributed by atoms with Gasteiger partial charge in [0.1, 0.15) is 0 Å². The Bertz CT molecular complexity index is 143. The van der Waals surface area contributed by atoms with E-state index < -0.39 is 5.97 Å². The Labute approximate surface area is 53.4 Å². The van der Waals surface area contributed by atoms with Crippen LogP contribution in [0.1, 0.15) is 6.42 Å². The molecule has 0 aliphatic carbocycles. The predicted octanol–water partition coefficient (Wildman–Crippen LogP) is -0.00930. The van der Waals surface area contributed by atoms with Crippen molar-refractivity contribution in [2.24, 2.45) is 0 Å². The third-order valence-electron chi connectivity index (χ3n) is 1.30. The Balaban J connectivity index is 2.49. The predicted molar refractivity (Wildman–Crippen MR) is 33.2 cm³/mol. The molecule has 0 aromatic carbocycles. The van der Waals surface area contributed by atoms with E-state index in [4.69, 9.17) is 5.11 Å². The van der Waals surface area contributed by atoms with Crippen LogP contribution >= 0.6 is 0 Å². The molecule has 0 saturated carbocycles. The molecule has 0 aromatic heterocycles. The number of nitrogens with one attached hydrogen (secondary N) is 1. The van der Waals surface area contributed by atoms with Gasteiger partial charge in [0.25, 0.3) is 0 Å². The van der Waals surface area contributed by atoms with E-state index in [1.54, 1.807) is 0 Å². The van der Waals surface area contributed by atoms with E-state index in [1.807, 2.05) is 0 Å². The molecule has 1 rings (SSSR count). The van der Waals surface area contributed by atoms with Crippen LogP contribution in [0.5, 0.6) is 0 Å². The van der Waals surface area contributed by atoms with Gasteiger partial charge in [-0.05, 0) is 18.5 Å². The van der Waals surface area contributed by atoms with Crippen molar-refractivity contribution in [1.29, 1.82) is 0 Å². The van der Waals surface area contributed by atoms with Gasteiger partial charge < -0.3 is 10.4 Å². The number of carboxylic acids is 1. The highest BCUT2D eigenvalue weighted by molar-refractivity contribution is 5.80. The molecule has 1 heterocycles. The molecule has 3 nitrogen and oxygen atoms in total. The molecule has 0 radical (unpaired) electrons. The number of carbonyl (C=O) groups is 1. The second-order valence-corrected chi connectivity index (χ2v) is 2.07. The van der Waals surface area contributed by atoms with E-state index in [9.17, 15) is 4.79 Å². The molecule has 0 spiro atoms. The topological polar surface area (TPSA) is 49.3 Å². The molecule has 1 aliphatic heterocycles. The van der Waals surface area contributed by atoms with Crippen LogP contribution < -0.4 is 5.32 Å². The first-order chi connectivity index (χ1) is 4.29. The summed E-state index contributed by atoms with van der Waals surface area (Å²) in [5.74, 6) is -0.839. The summed E-state index contributed by atoms with van der Waals surface area (Å²) in [6, 6.07) is 0. The van der Waals surface area contributed by atoms with Crippen molar-refractivity contribution in [3.63, 3.8) is 0 Å². The Morgan fingerprint density at radius 1 is 1.78 bits per heavy atom. The van der Waals surface area contributed by atoms with Crippen molar-refractivity contribution in [2.45, 2.75) is 6.42 Å². The van der Waals surface area contributed by atoms with Crippen molar-refractivity contribution >= 4 is 5.97 Å². The fraction of sp³-hybridized carbons (Fsp3) is 0.500. The lowest BCUT2D eigenvalue weighted by Gasteiger charge is -1.87. The smallest absolute Gasteiger partial charge is 0.328 e. The van der Waals surface area contributed by atoms with E-state index in [0.717, 1.165) is 25.1 Å². The molecule has 1 aliphatic rings. The molecular weight excluding hydrogens is 118 g/mol. The van der Waals surface area contributed by atoms with E-state index in [2.05, 4.69) is 5.32 Å². The second-order valence-electron chi connectivity index (χ2n) is 2.07. The number of aliphatic carboxylic acids is 1. The summed E-state index contributed by atoms with van der Waals surface area (Å²) in [6.45, 7) is 1.66. The first-order valence-corrected chi connectivity index (χ1v) is 2.92. The maximum absolute atomic E-state index is 10.1. The first-order valence-electron chi connectivity index (χ1n) is 2.92. The normalized spacial score (nSPS) is 22.9. The Kier molecular flexibility index (Phi) is 1.85. The summed E-state index contributed by atoms with van der Waals surface area (Å²) >= 11 is 0. The van der Waals surface area contributed by atoms with Crippen LogP contribution in [0.2, 0.25) is 0 Å². The largest absolute Gasteiger partial charge is 0.478 e. The number of hydrogen-bond donors (Lipinski definition) is 2. The zero-order valence-corrected chi connectivity index (χ0v) is 5.05. The zero-order valence-electron chi connectivity index (χ0n) is 5.05. The lowest BCUT2D eigenvalue weighted by molar-refractivity contribution is -0.131. The maximum Gasteiger partial charge on any atom is 0.328 e. The van der Waals surface area contributed by atoms with Gasteiger partial charge in [-0.15, -0.1) is 0 Å². The Morgan fingerprint density at radius 2 is 2.56 bits per heavy atom. The van der Waals surface area contributed by atoms with Crippen LogP contribution in [0, 0.1) is 0 Å². The third kappa shape index (κ3) is 1.85. The van der Waals surface area contributed by atoms with Gasteiger partial charge in [0, 0.05) is 12.6 Å². The van der Waals surface area contributed by atoms with Gasteiger partial charge in [0.15, 0.2) is 0 Å². The van der Waals surface area contributed by atoms with Crippen LogP contribution in [0.3, 0.4) is 0 Å².